The summed E-state index contributed by atoms with van der Waals surface area (Å²) in [5, 5.41) is 21.5. The average molecular weight is 255 g/mol. The number of hydrogen-bond acceptors (Lipinski definition) is 3. The van der Waals surface area contributed by atoms with Gasteiger partial charge in [0.05, 0.1) is 10.9 Å². The molecule has 1 heterocycles. The lowest BCUT2D eigenvalue weighted by atomic mass is 10.0. The monoisotopic (exact) mass is 255 g/mol. The van der Waals surface area contributed by atoms with Crippen LogP contribution in [0, 0.1) is 6.92 Å². The van der Waals surface area contributed by atoms with Crippen molar-refractivity contribution in [2.45, 2.75) is 6.92 Å². The van der Waals surface area contributed by atoms with Crippen molar-refractivity contribution in [2.75, 3.05) is 0 Å². The smallest absolute Gasteiger partial charge is 0.258 e. The number of fused-ring (bicyclic) bond motifs is 3. The molecule has 0 aliphatic heterocycles. The Labute approximate surface area is 109 Å². The SMILES string of the molecule is Cc1cc2c(cc1O)c(=O)n(C)c1cc(O)ccc21. The molecule has 19 heavy (non-hydrogen) atoms. The van der Waals surface area contributed by atoms with Gasteiger partial charge in [0.25, 0.3) is 5.56 Å². The molecule has 0 saturated carbocycles. The molecular formula is C15H13NO3. The van der Waals surface area contributed by atoms with Crippen LogP contribution in [-0.2, 0) is 7.05 Å². The molecule has 3 aromatic rings. The number of benzene rings is 2. The fourth-order valence-electron chi connectivity index (χ4n) is 2.41. The minimum Gasteiger partial charge on any atom is -0.508 e. The lowest BCUT2D eigenvalue weighted by Gasteiger charge is -2.10. The van der Waals surface area contributed by atoms with Crippen LogP contribution in [0.1, 0.15) is 5.56 Å². The van der Waals surface area contributed by atoms with Crippen molar-refractivity contribution in [3.8, 4) is 11.5 Å². The Kier molecular flexibility index (Phi) is 2.29. The zero-order valence-electron chi connectivity index (χ0n) is 10.6. The molecule has 4 nitrogen and oxygen atoms in total. The minimum absolute atomic E-state index is 0.114. The molecule has 1 aromatic heterocycles. The van der Waals surface area contributed by atoms with E-state index in [0.29, 0.717) is 10.9 Å². The van der Waals surface area contributed by atoms with E-state index in [0.717, 1.165) is 16.3 Å². The standard InChI is InChI=1S/C15H13NO3/c1-8-5-11-10-4-3-9(17)6-13(10)16(2)15(19)12(11)7-14(8)18/h3-7,17-18H,1-2H3. The second kappa shape index (κ2) is 3.75. The first-order valence-corrected chi connectivity index (χ1v) is 5.94. The van der Waals surface area contributed by atoms with E-state index in [9.17, 15) is 15.0 Å². The molecule has 0 aliphatic carbocycles. The molecule has 0 saturated heterocycles. The van der Waals surface area contributed by atoms with Gasteiger partial charge in [-0.1, -0.05) is 0 Å². The Hall–Kier alpha value is -2.49. The number of aryl methyl sites for hydroxylation is 2. The van der Waals surface area contributed by atoms with Gasteiger partial charge >= 0.3 is 0 Å². The van der Waals surface area contributed by atoms with Crippen LogP contribution in [-0.4, -0.2) is 14.8 Å². The average Bonchev–Trinajstić information content (AvgIpc) is 2.38. The normalized spacial score (nSPS) is 11.3. The van der Waals surface area contributed by atoms with Crippen molar-refractivity contribution < 1.29 is 10.2 Å². The van der Waals surface area contributed by atoms with Crippen LogP contribution in [0.3, 0.4) is 0 Å². The molecule has 0 atom stereocenters. The van der Waals surface area contributed by atoms with Gasteiger partial charge in [-0.2, -0.15) is 0 Å². The van der Waals surface area contributed by atoms with E-state index < -0.39 is 0 Å². The maximum atomic E-state index is 12.3. The summed E-state index contributed by atoms with van der Waals surface area (Å²) in [6.07, 6.45) is 0. The Bertz CT molecular complexity index is 878. The predicted molar refractivity (Wildman–Crippen MR) is 74.8 cm³/mol. The van der Waals surface area contributed by atoms with Crippen LogP contribution in [0.5, 0.6) is 11.5 Å². The van der Waals surface area contributed by atoms with E-state index in [1.807, 2.05) is 0 Å². The number of phenolic OH excluding ortho intramolecular Hbond substituents is 2. The molecule has 96 valence electrons. The molecule has 0 spiro atoms. The number of phenols is 2. The number of rotatable bonds is 0. The zero-order valence-corrected chi connectivity index (χ0v) is 10.6. The summed E-state index contributed by atoms with van der Waals surface area (Å²) in [6, 6.07) is 8.24. The lowest BCUT2D eigenvalue weighted by molar-refractivity contribution is 0.472. The van der Waals surface area contributed by atoms with Gasteiger partial charge < -0.3 is 14.8 Å². The maximum Gasteiger partial charge on any atom is 0.258 e. The Morgan fingerprint density at radius 2 is 1.74 bits per heavy atom. The first-order valence-electron chi connectivity index (χ1n) is 5.94. The molecule has 3 rings (SSSR count). The Balaban J connectivity index is 2.67. The van der Waals surface area contributed by atoms with E-state index >= 15 is 0 Å². The molecule has 0 bridgehead atoms. The Morgan fingerprint density at radius 3 is 2.47 bits per heavy atom. The van der Waals surface area contributed by atoms with Gasteiger partial charge in [-0.05, 0) is 42.1 Å². The molecule has 0 amide bonds. The first kappa shape index (κ1) is 11.6. The van der Waals surface area contributed by atoms with Crippen LogP contribution in [0.25, 0.3) is 21.7 Å². The van der Waals surface area contributed by atoms with Crippen molar-refractivity contribution in [1.29, 1.82) is 0 Å². The highest BCUT2D eigenvalue weighted by Gasteiger charge is 2.11. The highest BCUT2D eigenvalue weighted by molar-refractivity contribution is 6.06. The van der Waals surface area contributed by atoms with E-state index in [2.05, 4.69) is 0 Å². The van der Waals surface area contributed by atoms with E-state index in [1.54, 1.807) is 38.2 Å². The molecule has 4 heteroatoms. The fraction of sp³-hybridized carbons (Fsp3) is 0.133. The molecule has 0 aliphatic rings. The van der Waals surface area contributed by atoms with Crippen LogP contribution in [0.2, 0.25) is 0 Å². The third-order valence-electron chi connectivity index (χ3n) is 3.50. The summed E-state index contributed by atoms with van der Waals surface area (Å²) in [6.45, 7) is 1.79. The van der Waals surface area contributed by atoms with Crippen molar-refractivity contribution in [3.63, 3.8) is 0 Å². The third-order valence-corrected chi connectivity index (χ3v) is 3.50. The molecule has 0 unspecified atom stereocenters. The van der Waals surface area contributed by atoms with Gasteiger partial charge in [0.15, 0.2) is 0 Å². The van der Waals surface area contributed by atoms with E-state index in [4.69, 9.17) is 0 Å². The largest absolute Gasteiger partial charge is 0.508 e. The fourth-order valence-corrected chi connectivity index (χ4v) is 2.41. The van der Waals surface area contributed by atoms with Crippen LogP contribution in [0.4, 0.5) is 0 Å². The van der Waals surface area contributed by atoms with E-state index in [-0.39, 0.29) is 17.1 Å². The summed E-state index contributed by atoms with van der Waals surface area (Å²) in [5.74, 6) is 0.236. The van der Waals surface area contributed by atoms with Crippen molar-refractivity contribution >= 4 is 21.7 Å². The van der Waals surface area contributed by atoms with Gasteiger partial charge in [0.1, 0.15) is 11.5 Å². The first-order chi connectivity index (χ1) is 8.99. The van der Waals surface area contributed by atoms with Crippen molar-refractivity contribution in [1.82, 2.24) is 4.57 Å². The number of aromatic hydroxyl groups is 2. The number of pyridine rings is 1. The summed E-state index contributed by atoms with van der Waals surface area (Å²) in [7, 11) is 1.65. The zero-order chi connectivity index (χ0) is 13.7. The van der Waals surface area contributed by atoms with Crippen LogP contribution >= 0.6 is 0 Å². The molecule has 0 radical (unpaired) electrons. The van der Waals surface area contributed by atoms with Gasteiger partial charge in [0, 0.05) is 18.5 Å². The number of aromatic nitrogens is 1. The molecular weight excluding hydrogens is 242 g/mol. The van der Waals surface area contributed by atoms with Crippen LogP contribution < -0.4 is 5.56 Å². The lowest BCUT2D eigenvalue weighted by Crippen LogP contribution is -2.17. The predicted octanol–water partition coefficient (Wildman–Crippen LogP) is 2.41. The van der Waals surface area contributed by atoms with Gasteiger partial charge in [-0.25, -0.2) is 0 Å². The quantitative estimate of drug-likeness (QED) is 0.606. The molecule has 0 fully saturated rings. The number of hydrogen-bond donors (Lipinski definition) is 2. The summed E-state index contributed by atoms with van der Waals surface area (Å²) in [4.78, 5) is 12.3. The number of nitrogens with zero attached hydrogens (tertiary/aromatic N) is 1. The minimum atomic E-state index is -0.191. The van der Waals surface area contributed by atoms with Crippen molar-refractivity contribution in [3.05, 3.63) is 46.2 Å². The van der Waals surface area contributed by atoms with Crippen molar-refractivity contribution in [2.24, 2.45) is 7.05 Å². The van der Waals surface area contributed by atoms with Gasteiger partial charge in [-0.15, -0.1) is 0 Å². The Morgan fingerprint density at radius 1 is 1.00 bits per heavy atom. The summed E-state index contributed by atoms with van der Waals surface area (Å²) >= 11 is 0. The van der Waals surface area contributed by atoms with Crippen LogP contribution in [0.15, 0.2) is 35.1 Å². The highest BCUT2D eigenvalue weighted by atomic mass is 16.3. The molecule has 2 N–H and O–H groups in total. The topological polar surface area (TPSA) is 62.5 Å². The summed E-state index contributed by atoms with van der Waals surface area (Å²) in [5.41, 5.74) is 1.20. The summed E-state index contributed by atoms with van der Waals surface area (Å²) < 4.78 is 1.48. The molecule has 2 aromatic carbocycles. The van der Waals surface area contributed by atoms with E-state index in [1.165, 1.54) is 10.6 Å². The van der Waals surface area contributed by atoms with Gasteiger partial charge in [0.2, 0.25) is 0 Å². The second-order valence-electron chi connectivity index (χ2n) is 4.75. The second-order valence-corrected chi connectivity index (χ2v) is 4.75. The van der Waals surface area contributed by atoms with Gasteiger partial charge in [-0.3, -0.25) is 4.79 Å². The maximum absolute atomic E-state index is 12.3. The highest BCUT2D eigenvalue weighted by Crippen LogP contribution is 2.29. The third kappa shape index (κ3) is 1.57.